The quantitative estimate of drug-likeness (QED) is 0.373. The smallest absolute Gasteiger partial charge is 0.330 e. The monoisotopic (exact) mass is 544 g/mol. The lowest BCUT2D eigenvalue weighted by Crippen LogP contribution is -2.35. The summed E-state index contributed by atoms with van der Waals surface area (Å²) in [4.78, 5) is 20.0. The summed E-state index contributed by atoms with van der Waals surface area (Å²) in [5.41, 5.74) is 1.45. The van der Waals surface area contributed by atoms with Crippen LogP contribution in [0.15, 0.2) is 43.6 Å². The third kappa shape index (κ3) is 5.39. The van der Waals surface area contributed by atoms with Crippen LogP contribution >= 0.6 is 0 Å². The molecular weight excluding hydrogens is 506 g/mol. The van der Waals surface area contributed by atoms with Crippen molar-refractivity contribution in [1.29, 1.82) is 0 Å². The standard InChI is InChI=1S/C28H38F2N6O3/c1-34-27-26(36(28(34)37)20-7-13-38-14-8-20)22-15-21(23(30)16-24(22)32-33-27)18-3-4-25(31-17-18)39-12-2-9-35-10-5-19(29)6-11-35/h4,15,17-20,22-24H,2-3,5-14,16H2,1H3. The highest BCUT2D eigenvalue weighted by Crippen LogP contribution is 2.45. The van der Waals surface area contributed by atoms with Crippen molar-refractivity contribution in [2.45, 2.75) is 75.3 Å². The Morgan fingerprint density at radius 2 is 1.95 bits per heavy atom. The van der Waals surface area contributed by atoms with Gasteiger partial charge >= 0.3 is 5.69 Å². The van der Waals surface area contributed by atoms with Crippen LogP contribution in [0.5, 0.6) is 0 Å². The van der Waals surface area contributed by atoms with E-state index in [1.807, 2.05) is 16.7 Å². The van der Waals surface area contributed by atoms with Crippen LogP contribution in [0.4, 0.5) is 14.6 Å². The van der Waals surface area contributed by atoms with E-state index in [1.165, 1.54) is 0 Å². The molecule has 1 aromatic heterocycles. The van der Waals surface area contributed by atoms with Crippen molar-refractivity contribution in [1.82, 2.24) is 14.0 Å². The molecule has 2 fully saturated rings. The molecule has 0 amide bonds. The van der Waals surface area contributed by atoms with Crippen LogP contribution in [0.1, 0.15) is 62.6 Å². The van der Waals surface area contributed by atoms with E-state index < -0.39 is 12.3 Å². The van der Waals surface area contributed by atoms with E-state index in [0.717, 1.165) is 44.6 Å². The number of imidazole rings is 1. The van der Waals surface area contributed by atoms with E-state index >= 15 is 4.39 Å². The molecule has 4 atom stereocenters. The number of allylic oxidation sites excluding steroid dienone is 2. The molecule has 4 unspecified atom stereocenters. The predicted octanol–water partition coefficient (Wildman–Crippen LogP) is 4.53. The van der Waals surface area contributed by atoms with E-state index in [1.54, 1.807) is 17.8 Å². The average molecular weight is 545 g/mol. The van der Waals surface area contributed by atoms with Gasteiger partial charge in [0.15, 0.2) is 5.82 Å². The second kappa shape index (κ2) is 11.4. The molecule has 39 heavy (non-hydrogen) atoms. The lowest BCUT2D eigenvalue weighted by molar-refractivity contribution is 0.0675. The number of piperidine rings is 1. The topological polar surface area (TPSA) is 85.7 Å². The zero-order valence-electron chi connectivity index (χ0n) is 22.6. The van der Waals surface area contributed by atoms with Crippen LogP contribution in [0, 0.1) is 5.92 Å². The number of azo groups is 1. The van der Waals surface area contributed by atoms with Gasteiger partial charge in [-0.05, 0) is 50.2 Å². The number of ether oxygens (including phenoxy) is 2. The summed E-state index contributed by atoms with van der Waals surface area (Å²) in [6.07, 6.45) is 8.41. The average Bonchev–Trinajstić information content (AvgIpc) is 3.22. The van der Waals surface area contributed by atoms with Gasteiger partial charge in [-0.2, -0.15) is 5.11 Å². The highest BCUT2D eigenvalue weighted by Gasteiger charge is 2.42. The second-order valence-electron chi connectivity index (χ2n) is 11.3. The van der Waals surface area contributed by atoms with Crippen LogP contribution in [-0.4, -0.2) is 78.1 Å². The molecule has 1 aromatic rings. The molecule has 11 heteroatoms. The Morgan fingerprint density at radius 1 is 1.15 bits per heavy atom. The predicted molar refractivity (Wildman–Crippen MR) is 143 cm³/mol. The van der Waals surface area contributed by atoms with Crippen molar-refractivity contribution in [3.63, 3.8) is 0 Å². The third-order valence-corrected chi connectivity index (χ3v) is 8.81. The fourth-order valence-corrected chi connectivity index (χ4v) is 6.55. The van der Waals surface area contributed by atoms with Crippen molar-refractivity contribution in [3.8, 4) is 0 Å². The molecule has 212 valence electrons. The van der Waals surface area contributed by atoms with Crippen molar-refractivity contribution < 1.29 is 18.3 Å². The number of fused-ring (bicyclic) bond motifs is 3. The van der Waals surface area contributed by atoms with Crippen LogP contribution in [0.2, 0.25) is 0 Å². The minimum atomic E-state index is -1.14. The molecule has 1 aliphatic carbocycles. The lowest BCUT2D eigenvalue weighted by atomic mass is 9.77. The largest absolute Gasteiger partial charge is 0.478 e. The Hall–Kier alpha value is -2.66. The molecule has 5 heterocycles. The molecule has 6 rings (SSSR count). The Kier molecular flexibility index (Phi) is 7.79. The molecule has 0 N–H and O–H groups in total. The van der Waals surface area contributed by atoms with E-state index in [4.69, 9.17) is 9.47 Å². The number of rotatable bonds is 7. The Balaban J connectivity index is 1.13. The Morgan fingerprint density at radius 3 is 2.69 bits per heavy atom. The van der Waals surface area contributed by atoms with E-state index in [9.17, 15) is 9.18 Å². The van der Waals surface area contributed by atoms with Gasteiger partial charge in [-0.3, -0.25) is 9.13 Å². The minimum Gasteiger partial charge on any atom is -0.478 e. The maximum Gasteiger partial charge on any atom is 0.330 e. The number of aliphatic imine (C=N–C) groups is 1. The van der Waals surface area contributed by atoms with Gasteiger partial charge in [-0.25, -0.2) is 18.6 Å². The summed E-state index contributed by atoms with van der Waals surface area (Å²) in [6, 6.07) is -0.278. The number of nitrogens with zero attached hydrogens (tertiary/aromatic N) is 6. The summed E-state index contributed by atoms with van der Waals surface area (Å²) in [5.74, 6) is 0.782. The van der Waals surface area contributed by atoms with Gasteiger partial charge in [-0.15, -0.1) is 5.11 Å². The summed E-state index contributed by atoms with van der Waals surface area (Å²) in [6.45, 7) is 4.30. The summed E-state index contributed by atoms with van der Waals surface area (Å²) < 4.78 is 43.6. The molecule has 2 saturated heterocycles. The first-order chi connectivity index (χ1) is 19.0. The van der Waals surface area contributed by atoms with Gasteiger partial charge in [0.2, 0.25) is 5.88 Å². The first kappa shape index (κ1) is 26.6. The van der Waals surface area contributed by atoms with Crippen molar-refractivity contribution >= 4 is 12.0 Å². The summed E-state index contributed by atoms with van der Waals surface area (Å²) in [7, 11) is 1.73. The molecule has 0 saturated carbocycles. The number of halogens is 2. The van der Waals surface area contributed by atoms with E-state index in [0.29, 0.717) is 56.4 Å². The first-order valence-electron chi connectivity index (χ1n) is 14.4. The maximum absolute atomic E-state index is 15.5. The summed E-state index contributed by atoms with van der Waals surface area (Å²) >= 11 is 0. The Bertz CT molecular complexity index is 1220. The normalized spacial score (nSPS) is 30.0. The van der Waals surface area contributed by atoms with Gasteiger partial charge in [-0.1, -0.05) is 6.08 Å². The van der Waals surface area contributed by atoms with Gasteiger partial charge in [0.05, 0.1) is 18.3 Å². The van der Waals surface area contributed by atoms with Crippen LogP contribution < -0.4 is 5.69 Å². The van der Waals surface area contributed by atoms with Gasteiger partial charge in [0.25, 0.3) is 0 Å². The molecule has 4 aliphatic heterocycles. The van der Waals surface area contributed by atoms with Crippen LogP contribution in [0.25, 0.3) is 0 Å². The molecule has 0 radical (unpaired) electrons. The lowest BCUT2D eigenvalue weighted by Gasteiger charge is -2.35. The zero-order valence-corrected chi connectivity index (χ0v) is 22.6. The van der Waals surface area contributed by atoms with E-state index in [-0.39, 0.29) is 36.0 Å². The molecule has 0 bridgehead atoms. The van der Waals surface area contributed by atoms with E-state index in [2.05, 4.69) is 20.1 Å². The number of hydrogen-bond acceptors (Lipinski definition) is 7. The van der Waals surface area contributed by atoms with Crippen LogP contribution in [0.3, 0.4) is 0 Å². The number of hydrogen-bond donors (Lipinski definition) is 0. The van der Waals surface area contributed by atoms with Crippen molar-refractivity contribution in [3.05, 3.63) is 39.8 Å². The molecular formula is C28H38F2N6O3. The van der Waals surface area contributed by atoms with Gasteiger partial charge in [0.1, 0.15) is 12.3 Å². The Labute approximate surface area is 227 Å². The molecule has 0 aromatic carbocycles. The molecule has 9 nitrogen and oxygen atoms in total. The van der Waals surface area contributed by atoms with Crippen molar-refractivity contribution in [2.24, 2.45) is 28.2 Å². The highest BCUT2D eigenvalue weighted by molar-refractivity contribution is 5.68. The third-order valence-electron chi connectivity index (χ3n) is 8.81. The van der Waals surface area contributed by atoms with Gasteiger partial charge < -0.3 is 14.4 Å². The molecule has 0 spiro atoms. The van der Waals surface area contributed by atoms with Crippen molar-refractivity contribution in [2.75, 3.05) is 39.5 Å². The number of aromatic nitrogens is 2. The van der Waals surface area contributed by atoms with Crippen LogP contribution in [-0.2, 0) is 16.5 Å². The highest BCUT2D eigenvalue weighted by atomic mass is 19.1. The fourth-order valence-electron chi connectivity index (χ4n) is 6.55. The first-order valence-corrected chi connectivity index (χ1v) is 14.4. The molecule has 5 aliphatic rings. The zero-order chi connectivity index (χ0) is 26.9. The SMILES string of the molecule is Cn1c2c(n(C3CCOCC3)c1=O)C1C=C(C3C=NC(OCCCN4CCC(F)CC4)=CC3)C(F)CC1N=N2. The maximum atomic E-state index is 15.5. The summed E-state index contributed by atoms with van der Waals surface area (Å²) in [5, 5.41) is 8.80. The number of alkyl halides is 2. The number of likely N-dealkylation sites (tertiary alicyclic amines) is 1. The fraction of sp³-hybridized carbons (Fsp3) is 0.714. The minimum absolute atomic E-state index is 0.0458. The second-order valence-corrected chi connectivity index (χ2v) is 11.3. The van der Waals surface area contributed by atoms with Gasteiger partial charge in [0, 0.05) is 70.4 Å².